The summed E-state index contributed by atoms with van der Waals surface area (Å²) in [4.78, 5) is 37.6. The van der Waals surface area contributed by atoms with Gasteiger partial charge in [-0.1, -0.05) is 12.1 Å². The molecule has 0 aliphatic carbocycles. The van der Waals surface area contributed by atoms with Crippen molar-refractivity contribution in [2.45, 2.75) is 13.1 Å². The average Bonchev–Trinajstić information content (AvgIpc) is 3.08. The normalized spacial score (nSPS) is 11.1. The van der Waals surface area contributed by atoms with Crippen LogP contribution in [0.5, 0.6) is 0 Å². The van der Waals surface area contributed by atoms with Crippen molar-refractivity contribution < 1.29 is 36.7 Å². The first kappa shape index (κ1) is 23.9. The molecule has 0 unspecified atom stereocenters. The van der Waals surface area contributed by atoms with Crippen LogP contribution in [0.2, 0.25) is 0 Å². The fourth-order valence-corrected chi connectivity index (χ4v) is 4.02. The van der Waals surface area contributed by atoms with Crippen LogP contribution >= 0.6 is 11.3 Å². The van der Waals surface area contributed by atoms with Crippen LogP contribution in [-0.4, -0.2) is 24.9 Å². The maximum absolute atomic E-state index is 13.4. The van der Waals surface area contributed by atoms with Crippen LogP contribution in [0.4, 0.5) is 28.3 Å². The van der Waals surface area contributed by atoms with Crippen LogP contribution in [-0.2, 0) is 10.9 Å². The highest BCUT2D eigenvalue weighted by Crippen LogP contribution is 2.35. The van der Waals surface area contributed by atoms with Crippen molar-refractivity contribution >= 4 is 39.8 Å². The van der Waals surface area contributed by atoms with E-state index in [-0.39, 0.29) is 32.3 Å². The number of nitrogens with one attached hydrogen (secondary N) is 2. The van der Waals surface area contributed by atoms with E-state index in [1.165, 1.54) is 25.1 Å². The summed E-state index contributed by atoms with van der Waals surface area (Å²) < 4.78 is 57.0. The number of ether oxygens (including phenoxy) is 1. The zero-order chi connectivity index (χ0) is 24.3. The van der Waals surface area contributed by atoms with Gasteiger partial charge in [-0.3, -0.25) is 9.59 Å². The first-order valence-electron chi connectivity index (χ1n) is 9.28. The van der Waals surface area contributed by atoms with Gasteiger partial charge in [-0.15, -0.1) is 11.3 Å². The molecule has 0 saturated carbocycles. The third-order valence-corrected chi connectivity index (χ3v) is 5.71. The number of amides is 2. The van der Waals surface area contributed by atoms with Gasteiger partial charge in [0, 0.05) is 11.3 Å². The van der Waals surface area contributed by atoms with Crippen molar-refractivity contribution in [3.05, 3.63) is 81.5 Å². The number of carbonyl (C=O) groups is 3. The molecule has 0 radical (unpaired) electrons. The van der Waals surface area contributed by atoms with Crippen LogP contribution in [0.25, 0.3) is 0 Å². The largest absolute Gasteiger partial charge is 0.465 e. The molecule has 172 valence electrons. The summed E-state index contributed by atoms with van der Waals surface area (Å²) in [5, 5.41) is 4.79. The second-order valence-electron chi connectivity index (χ2n) is 6.75. The van der Waals surface area contributed by atoms with E-state index in [1.807, 2.05) is 0 Å². The van der Waals surface area contributed by atoms with Crippen LogP contribution in [0.3, 0.4) is 0 Å². The standard InChI is InChI=1S/C22H16F4N2O4S/c1-11-16(21(31)32-2)20(28-18(29)12-5-3-7-14(23)9-12)33-17(11)19(30)27-15-8-4-6-13(10-15)22(24,25)26/h3-10H,1-2H3,(H,27,30)(H,28,29). The van der Waals surface area contributed by atoms with Gasteiger partial charge in [0.05, 0.1) is 23.1 Å². The van der Waals surface area contributed by atoms with Crippen LogP contribution in [0.15, 0.2) is 48.5 Å². The number of hydrogen-bond acceptors (Lipinski definition) is 5. The molecule has 11 heteroatoms. The molecular weight excluding hydrogens is 464 g/mol. The Morgan fingerprint density at radius 1 is 0.970 bits per heavy atom. The van der Waals surface area contributed by atoms with Crippen molar-refractivity contribution in [2.24, 2.45) is 0 Å². The molecule has 2 aromatic carbocycles. The number of methoxy groups -OCH3 is 1. The highest BCUT2D eigenvalue weighted by atomic mass is 32.1. The van der Waals surface area contributed by atoms with Crippen molar-refractivity contribution in [1.29, 1.82) is 0 Å². The molecule has 2 N–H and O–H groups in total. The first-order chi connectivity index (χ1) is 15.5. The number of carbonyl (C=O) groups excluding carboxylic acids is 3. The van der Waals surface area contributed by atoms with E-state index in [1.54, 1.807) is 0 Å². The lowest BCUT2D eigenvalue weighted by Crippen LogP contribution is -2.14. The summed E-state index contributed by atoms with van der Waals surface area (Å²) in [6, 6.07) is 8.90. The molecule has 1 heterocycles. The van der Waals surface area contributed by atoms with Gasteiger partial charge in [0.1, 0.15) is 10.8 Å². The minimum absolute atomic E-state index is 0.0214. The van der Waals surface area contributed by atoms with Gasteiger partial charge in [-0.2, -0.15) is 13.2 Å². The van der Waals surface area contributed by atoms with Gasteiger partial charge in [0.2, 0.25) is 0 Å². The number of anilines is 2. The monoisotopic (exact) mass is 480 g/mol. The van der Waals surface area contributed by atoms with Crippen molar-refractivity contribution in [3.63, 3.8) is 0 Å². The number of halogens is 4. The summed E-state index contributed by atoms with van der Waals surface area (Å²) in [5.41, 5.74) is -1.01. The minimum Gasteiger partial charge on any atom is -0.465 e. The Balaban J connectivity index is 1.93. The fourth-order valence-electron chi connectivity index (χ4n) is 2.93. The maximum Gasteiger partial charge on any atom is 0.416 e. The molecule has 6 nitrogen and oxygen atoms in total. The molecule has 2 amide bonds. The number of rotatable bonds is 5. The number of esters is 1. The van der Waals surface area contributed by atoms with E-state index in [4.69, 9.17) is 4.74 Å². The molecule has 0 saturated heterocycles. The summed E-state index contributed by atoms with van der Waals surface area (Å²) in [7, 11) is 1.11. The number of thiophene rings is 1. The molecule has 33 heavy (non-hydrogen) atoms. The summed E-state index contributed by atoms with van der Waals surface area (Å²) in [5.74, 6) is -2.99. The smallest absolute Gasteiger partial charge is 0.416 e. The average molecular weight is 480 g/mol. The summed E-state index contributed by atoms with van der Waals surface area (Å²) >= 11 is 0.733. The van der Waals surface area contributed by atoms with Gasteiger partial charge in [-0.25, -0.2) is 9.18 Å². The minimum atomic E-state index is -4.59. The highest BCUT2D eigenvalue weighted by molar-refractivity contribution is 7.19. The number of hydrogen-bond donors (Lipinski definition) is 2. The first-order valence-corrected chi connectivity index (χ1v) is 10.1. The van der Waals surface area contributed by atoms with E-state index in [0.717, 1.165) is 48.8 Å². The molecule has 3 aromatic rings. The third kappa shape index (κ3) is 5.37. The Hall–Kier alpha value is -3.73. The second-order valence-corrected chi connectivity index (χ2v) is 7.77. The Kier molecular flexibility index (Phi) is 6.82. The fraction of sp³-hybridized carbons (Fsp3) is 0.136. The van der Waals surface area contributed by atoms with Gasteiger partial charge >= 0.3 is 12.1 Å². The molecule has 0 aliphatic heterocycles. The zero-order valence-electron chi connectivity index (χ0n) is 17.2. The lowest BCUT2D eigenvalue weighted by Gasteiger charge is -2.09. The predicted molar refractivity (Wildman–Crippen MR) is 114 cm³/mol. The zero-order valence-corrected chi connectivity index (χ0v) is 18.0. The molecule has 0 aliphatic rings. The maximum atomic E-state index is 13.4. The van der Waals surface area contributed by atoms with Gasteiger partial charge in [0.25, 0.3) is 11.8 Å². The van der Waals surface area contributed by atoms with Gasteiger partial charge < -0.3 is 15.4 Å². The predicted octanol–water partition coefficient (Wildman–Crippen LogP) is 5.51. The molecule has 0 bridgehead atoms. The summed E-state index contributed by atoms with van der Waals surface area (Å²) in [6.07, 6.45) is -4.59. The van der Waals surface area contributed by atoms with Crippen molar-refractivity contribution in [1.82, 2.24) is 0 Å². The third-order valence-electron chi connectivity index (χ3n) is 4.50. The molecule has 0 fully saturated rings. The molecule has 1 aromatic heterocycles. The molecule has 0 atom stereocenters. The lowest BCUT2D eigenvalue weighted by atomic mass is 10.1. The SMILES string of the molecule is COC(=O)c1c(NC(=O)c2cccc(F)c2)sc(C(=O)Nc2cccc(C(F)(F)F)c2)c1C. The topological polar surface area (TPSA) is 84.5 Å². The molecular formula is C22H16F4N2O4S. The van der Waals surface area contributed by atoms with E-state index < -0.39 is 35.3 Å². The van der Waals surface area contributed by atoms with Gasteiger partial charge in [-0.05, 0) is 48.9 Å². The second kappa shape index (κ2) is 9.41. The van der Waals surface area contributed by atoms with E-state index in [0.29, 0.717) is 0 Å². The van der Waals surface area contributed by atoms with E-state index in [9.17, 15) is 31.9 Å². The van der Waals surface area contributed by atoms with Gasteiger partial charge in [0.15, 0.2) is 0 Å². The Bertz CT molecular complexity index is 1240. The lowest BCUT2D eigenvalue weighted by molar-refractivity contribution is -0.137. The van der Waals surface area contributed by atoms with Crippen molar-refractivity contribution in [3.8, 4) is 0 Å². The highest BCUT2D eigenvalue weighted by Gasteiger charge is 2.31. The molecule has 3 rings (SSSR count). The van der Waals surface area contributed by atoms with E-state index >= 15 is 0 Å². The van der Waals surface area contributed by atoms with Crippen LogP contribution in [0.1, 0.15) is 41.5 Å². The Morgan fingerprint density at radius 2 is 1.67 bits per heavy atom. The quantitative estimate of drug-likeness (QED) is 0.373. The van der Waals surface area contributed by atoms with E-state index in [2.05, 4.69) is 10.6 Å². The number of alkyl halides is 3. The van der Waals surface area contributed by atoms with Crippen LogP contribution in [0, 0.1) is 12.7 Å². The van der Waals surface area contributed by atoms with Crippen molar-refractivity contribution in [2.75, 3.05) is 17.7 Å². The summed E-state index contributed by atoms with van der Waals surface area (Å²) in [6.45, 7) is 1.43. The van der Waals surface area contributed by atoms with Crippen LogP contribution < -0.4 is 10.6 Å². The molecule has 0 spiro atoms. The number of benzene rings is 2. The Morgan fingerprint density at radius 3 is 2.30 bits per heavy atom. The Labute approximate surface area is 189 Å².